The van der Waals surface area contributed by atoms with Gasteiger partial charge >= 0.3 is 6.03 Å². The lowest BCUT2D eigenvalue weighted by Gasteiger charge is -2.43. The van der Waals surface area contributed by atoms with Crippen molar-refractivity contribution in [2.75, 3.05) is 41.9 Å². The van der Waals surface area contributed by atoms with Crippen LogP contribution in [0.25, 0.3) is 17.1 Å². The fourth-order valence-electron chi connectivity index (χ4n) is 4.61. The van der Waals surface area contributed by atoms with Gasteiger partial charge in [0.2, 0.25) is 0 Å². The molecule has 4 heterocycles. The summed E-state index contributed by atoms with van der Waals surface area (Å²) < 4.78 is 7.34. The molecule has 2 N–H and O–H groups in total. The molecule has 0 bridgehead atoms. The number of amides is 3. The second-order valence-electron chi connectivity index (χ2n) is 8.90. The highest BCUT2D eigenvalue weighted by Crippen LogP contribution is 2.37. The van der Waals surface area contributed by atoms with Crippen molar-refractivity contribution in [2.24, 2.45) is 0 Å². The van der Waals surface area contributed by atoms with Gasteiger partial charge in [-0.15, -0.1) is 0 Å². The number of urea groups is 1. The summed E-state index contributed by atoms with van der Waals surface area (Å²) in [5, 5.41) is 9.42. The molecule has 1 fully saturated rings. The Morgan fingerprint density at radius 2 is 1.95 bits per heavy atom. The molecular weight excluding hydrogens is 486 g/mol. The largest absolute Gasteiger partial charge is 0.377 e. The maximum Gasteiger partial charge on any atom is 0.318 e. The van der Waals surface area contributed by atoms with Gasteiger partial charge in [0.1, 0.15) is 24.4 Å². The SMILES string of the molecule is CNC(=O)Nc1ccc(-c2ncc3c(n2)N2CCOCC2C(=O)N3Cc2ccc(-n3cncn3)cc2)cc1. The molecule has 1 unspecified atom stereocenters. The number of nitrogens with one attached hydrogen (secondary N) is 2. The Balaban J connectivity index is 1.31. The average Bonchev–Trinajstić information content (AvgIpc) is 3.51. The van der Waals surface area contributed by atoms with Gasteiger partial charge < -0.3 is 25.2 Å². The fourth-order valence-corrected chi connectivity index (χ4v) is 4.61. The molecule has 12 heteroatoms. The van der Waals surface area contributed by atoms with E-state index in [-0.39, 0.29) is 11.9 Å². The number of morpholine rings is 1. The van der Waals surface area contributed by atoms with Crippen LogP contribution < -0.4 is 20.4 Å². The summed E-state index contributed by atoms with van der Waals surface area (Å²) in [6, 6.07) is 14.4. The standard InChI is InChI=1S/C26H25N9O3/c1-27-26(37)31-19-6-4-18(5-7-19)23-29-12-21-24(32-23)33-10-11-38-14-22(33)25(36)34(21)13-17-2-8-20(9-3-17)35-16-28-15-30-35/h2-9,12,15-16,22H,10-11,13-14H2,1H3,(H2,27,31,37). The van der Waals surface area contributed by atoms with Crippen LogP contribution in [-0.4, -0.2) is 69.5 Å². The maximum absolute atomic E-state index is 13.6. The highest BCUT2D eigenvalue weighted by molar-refractivity contribution is 6.05. The van der Waals surface area contributed by atoms with E-state index in [1.54, 1.807) is 41.3 Å². The molecule has 0 saturated carbocycles. The van der Waals surface area contributed by atoms with Crippen LogP contribution in [0, 0.1) is 0 Å². The molecule has 0 aliphatic carbocycles. The molecule has 0 spiro atoms. The second kappa shape index (κ2) is 9.90. The summed E-state index contributed by atoms with van der Waals surface area (Å²) >= 11 is 0. The number of carbonyl (C=O) groups excluding carboxylic acids is 2. The van der Waals surface area contributed by atoms with Crippen LogP contribution in [-0.2, 0) is 16.1 Å². The first-order valence-electron chi connectivity index (χ1n) is 12.2. The van der Waals surface area contributed by atoms with Crippen LogP contribution in [0.3, 0.4) is 0 Å². The second-order valence-corrected chi connectivity index (χ2v) is 8.90. The predicted molar refractivity (Wildman–Crippen MR) is 140 cm³/mol. The minimum atomic E-state index is -0.451. The lowest BCUT2D eigenvalue weighted by Crippen LogP contribution is -2.58. The van der Waals surface area contributed by atoms with Crippen molar-refractivity contribution in [3.63, 3.8) is 0 Å². The third-order valence-corrected chi connectivity index (χ3v) is 6.58. The average molecular weight is 512 g/mol. The van der Waals surface area contributed by atoms with Gasteiger partial charge in [-0.25, -0.2) is 24.4 Å². The normalized spacial score (nSPS) is 16.6. The van der Waals surface area contributed by atoms with E-state index in [0.717, 1.165) is 16.8 Å². The van der Waals surface area contributed by atoms with Gasteiger partial charge in [-0.05, 0) is 42.0 Å². The smallest absolute Gasteiger partial charge is 0.318 e. The van der Waals surface area contributed by atoms with Gasteiger partial charge in [-0.1, -0.05) is 12.1 Å². The maximum atomic E-state index is 13.6. The molecule has 2 aromatic carbocycles. The Kier molecular flexibility index (Phi) is 6.14. The third kappa shape index (κ3) is 4.41. The van der Waals surface area contributed by atoms with Gasteiger partial charge in [0, 0.05) is 24.8 Å². The summed E-state index contributed by atoms with van der Waals surface area (Å²) in [7, 11) is 1.56. The zero-order valence-electron chi connectivity index (χ0n) is 20.6. The van der Waals surface area contributed by atoms with Crippen molar-refractivity contribution >= 4 is 29.1 Å². The number of hydrogen-bond acceptors (Lipinski definition) is 8. The van der Waals surface area contributed by atoms with E-state index in [1.165, 1.54) is 6.33 Å². The molecule has 1 saturated heterocycles. The van der Waals surface area contributed by atoms with Gasteiger partial charge in [-0.2, -0.15) is 5.10 Å². The number of benzene rings is 2. The number of fused-ring (bicyclic) bond motifs is 3. The zero-order valence-corrected chi connectivity index (χ0v) is 20.6. The number of carbonyl (C=O) groups is 2. The monoisotopic (exact) mass is 511 g/mol. The molecular formula is C26H25N9O3. The van der Waals surface area contributed by atoms with Crippen molar-refractivity contribution in [3.8, 4) is 17.1 Å². The molecule has 1 atom stereocenters. The van der Waals surface area contributed by atoms with Crippen LogP contribution in [0.5, 0.6) is 0 Å². The minimum Gasteiger partial charge on any atom is -0.377 e. The van der Waals surface area contributed by atoms with E-state index < -0.39 is 6.04 Å². The topological polar surface area (TPSA) is 130 Å². The van der Waals surface area contributed by atoms with Gasteiger partial charge in [0.25, 0.3) is 5.91 Å². The van der Waals surface area contributed by atoms with Crippen molar-refractivity contribution < 1.29 is 14.3 Å². The number of hydrogen-bond donors (Lipinski definition) is 2. The highest BCUT2D eigenvalue weighted by atomic mass is 16.5. The van der Waals surface area contributed by atoms with Crippen molar-refractivity contribution in [2.45, 2.75) is 12.6 Å². The van der Waals surface area contributed by atoms with E-state index >= 15 is 0 Å². The van der Waals surface area contributed by atoms with Gasteiger partial charge in [0.05, 0.1) is 31.6 Å². The molecule has 4 aromatic rings. The number of rotatable bonds is 5. The summed E-state index contributed by atoms with van der Waals surface area (Å²) in [6.07, 6.45) is 4.83. The molecule has 3 amide bonds. The molecule has 192 valence electrons. The summed E-state index contributed by atoms with van der Waals surface area (Å²) in [5.41, 5.74) is 3.96. The van der Waals surface area contributed by atoms with Crippen molar-refractivity contribution in [1.29, 1.82) is 0 Å². The number of anilines is 3. The van der Waals surface area contributed by atoms with Crippen LogP contribution in [0.2, 0.25) is 0 Å². The number of nitrogens with zero attached hydrogens (tertiary/aromatic N) is 7. The summed E-state index contributed by atoms with van der Waals surface area (Å²) in [4.78, 5) is 42.4. The first-order chi connectivity index (χ1) is 18.6. The van der Waals surface area contributed by atoms with Crippen LogP contribution >= 0.6 is 0 Å². The van der Waals surface area contributed by atoms with Gasteiger partial charge in [-0.3, -0.25) is 4.79 Å². The summed E-state index contributed by atoms with van der Waals surface area (Å²) in [5.74, 6) is 1.19. The molecule has 2 aliphatic rings. The van der Waals surface area contributed by atoms with E-state index in [9.17, 15) is 9.59 Å². The van der Waals surface area contributed by atoms with Crippen molar-refractivity contribution in [3.05, 3.63) is 72.9 Å². The predicted octanol–water partition coefficient (Wildman–Crippen LogP) is 2.23. The third-order valence-electron chi connectivity index (χ3n) is 6.58. The lowest BCUT2D eigenvalue weighted by molar-refractivity contribution is -0.122. The van der Waals surface area contributed by atoms with Crippen molar-refractivity contribution in [1.82, 2.24) is 30.0 Å². The molecule has 0 radical (unpaired) electrons. The number of ether oxygens (including phenoxy) is 1. The molecule has 12 nitrogen and oxygen atoms in total. The molecule has 2 aliphatic heterocycles. The Morgan fingerprint density at radius 3 is 2.68 bits per heavy atom. The fraction of sp³-hybridized carbons (Fsp3) is 0.231. The lowest BCUT2D eigenvalue weighted by atomic mass is 10.1. The Labute approximate surface area is 218 Å². The highest BCUT2D eigenvalue weighted by Gasteiger charge is 2.41. The summed E-state index contributed by atoms with van der Waals surface area (Å²) in [6.45, 7) is 1.76. The van der Waals surface area contributed by atoms with Crippen LogP contribution in [0.4, 0.5) is 22.0 Å². The van der Waals surface area contributed by atoms with E-state index in [1.807, 2.05) is 41.3 Å². The van der Waals surface area contributed by atoms with Crippen LogP contribution in [0.15, 0.2) is 67.4 Å². The Bertz CT molecular complexity index is 1460. The quantitative estimate of drug-likeness (QED) is 0.417. The molecule has 6 rings (SSSR count). The Hall–Kier alpha value is -4.84. The van der Waals surface area contributed by atoms with Crippen LogP contribution in [0.1, 0.15) is 5.56 Å². The number of aromatic nitrogens is 5. The minimum absolute atomic E-state index is 0.0430. The van der Waals surface area contributed by atoms with E-state index in [0.29, 0.717) is 49.3 Å². The van der Waals surface area contributed by atoms with Gasteiger partial charge in [0.15, 0.2) is 11.6 Å². The van der Waals surface area contributed by atoms with E-state index in [2.05, 4.69) is 25.7 Å². The first kappa shape index (κ1) is 23.6. The first-order valence-corrected chi connectivity index (χ1v) is 12.2. The molecule has 38 heavy (non-hydrogen) atoms. The Morgan fingerprint density at radius 1 is 1.13 bits per heavy atom. The van der Waals surface area contributed by atoms with E-state index in [4.69, 9.17) is 9.72 Å². The molecule has 2 aromatic heterocycles. The zero-order chi connectivity index (χ0) is 26.1.